The maximum atomic E-state index is 11.8. The Morgan fingerprint density at radius 3 is 2.78 bits per heavy atom. The third-order valence-corrected chi connectivity index (χ3v) is 5.20. The molecule has 1 aliphatic carbocycles. The summed E-state index contributed by atoms with van der Waals surface area (Å²) in [5, 5.41) is 0.693. The van der Waals surface area contributed by atoms with E-state index < -0.39 is 0 Å². The number of ether oxygens (including phenoxy) is 1. The van der Waals surface area contributed by atoms with Crippen molar-refractivity contribution in [2.24, 2.45) is 0 Å². The highest BCUT2D eigenvalue weighted by Crippen LogP contribution is 2.39. The van der Waals surface area contributed by atoms with E-state index in [1.54, 1.807) is 0 Å². The van der Waals surface area contributed by atoms with Crippen molar-refractivity contribution in [2.45, 2.75) is 44.3 Å². The summed E-state index contributed by atoms with van der Waals surface area (Å²) < 4.78 is 5.14. The standard InChI is InChI=1S/C14H23NO2S/c1-3-17-14(16)12-5-4-6-13(12)18-11-7-9-15(2)10-8-11/h11H,3-10H2,1-2H3. The normalized spacial score (nSPS) is 22.6. The Kier molecular flexibility index (Phi) is 5.13. The number of carbonyl (C=O) groups is 1. The highest BCUT2D eigenvalue weighted by molar-refractivity contribution is 8.03. The van der Waals surface area contributed by atoms with Gasteiger partial charge in [-0.15, -0.1) is 11.8 Å². The van der Waals surface area contributed by atoms with E-state index in [9.17, 15) is 4.79 Å². The average Bonchev–Trinajstić information content (AvgIpc) is 2.81. The van der Waals surface area contributed by atoms with E-state index in [1.807, 2.05) is 18.7 Å². The molecule has 0 unspecified atom stereocenters. The van der Waals surface area contributed by atoms with E-state index in [2.05, 4.69) is 11.9 Å². The van der Waals surface area contributed by atoms with E-state index in [-0.39, 0.29) is 5.97 Å². The number of rotatable bonds is 4. The van der Waals surface area contributed by atoms with Crippen LogP contribution >= 0.6 is 11.8 Å². The zero-order valence-corrected chi connectivity index (χ0v) is 12.2. The quantitative estimate of drug-likeness (QED) is 0.734. The molecule has 0 radical (unpaired) electrons. The van der Waals surface area contributed by atoms with Gasteiger partial charge < -0.3 is 9.64 Å². The van der Waals surface area contributed by atoms with Gasteiger partial charge >= 0.3 is 5.97 Å². The lowest BCUT2D eigenvalue weighted by Gasteiger charge is -2.28. The summed E-state index contributed by atoms with van der Waals surface area (Å²) in [5.41, 5.74) is 0.959. The Bertz CT molecular complexity index is 333. The Morgan fingerprint density at radius 1 is 1.39 bits per heavy atom. The van der Waals surface area contributed by atoms with E-state index >= 15 is 0 Å². The molecule has 1 fully saturated rings. The molecule has 0 bridgehead atoms. The van der Waals surface area contributed by atoms with Crippen LogP contribution in [0.3, 0.4) is 0 Å². The number of allylic oxidation sites excluding steroid dienone is 1. The minimum Gasteiger partial charge on any atom is -0.463 e. The zero-order chi connectivity index (χ0) is 13.0. The molecular formula is C14H23NO2S. The highest BCUT2D eigenvalue weighted by atomic mass is 32.2. The van der Waals surface area contributed by atoms with Gasteiger partial charge in [0.25, 0.3) is 0 Å². The molecule has 0 saturated carbocycles. The number of esters is 1. The van der Waals surface area contributed by atoms with Crippen LogP contribution in [0, 0.1) is 0 Å². The second-order valence-electron chi connectivity index (χ2n) is 5.10. The maximum Gasteiger partial charge on any atom is 0.334 e. The summed E-state index contributed by atoms with van der Waals surface area (Å²) in [4.78, 5) is 15.5. The van der Waals surface area contributed by atoms with Crippen molar-refractivity contribution in [1.29, 1.82) is 0 Å². The highest BCUT2D eigenvalue weighted by Gasteiger charge is 2.26. The van der Waals surface area contributed by atoms with Gasteiger partial charge in [0.1, 0.15) is 0 Å². The molecule has 2 rings (SSSR count). The van der Waals surface area contributed by atoms with Gasteiger partial charge in [0, 0.05) is 10.8 Å². The predicted molar refractivity (Wildman–Crippen MR) is 75.6 cm³/mol. The zero-order valence-electron chi connectivity index (χ0n) is 11.4. The minimum atomic E-state index is -0.0783. The number of hydrogen-bond donors (Lipinski definition) is 0. The molecule has 102 valence electrons. The number of likely N-dealkylation sites (tertiary alicyclic amines) is 1. The first-order chi connectivity index (χ1) is 8.70. The van der Waals surface area contributed by atoms with Crippen LogP contribution in [-0.2, 0) is 9.53 Å². The molecule has 1 saturated heterocycles. The van der Waals surface area contributed by atoms with Gasteiger partial charge in [0.2, 0.25) is 0 Å². The van der Waals surface area contributed by atoms with Crippen molar-refractivity contribution in [2.75, 3.05) is 26.7 Å². The third-order valence-electron chi connectivity index (χ3n) is 3.66. The van der Waals surface area contributed by atoms with Gasteiger partial charge in [-0.25, -0.2) is 4.79 Å². The number of thioether (sulfide) groups is 1. The van der Waals surface area contributed by atoms with Gasteiger partial charge in [-0.05, 0) is 64.1 Å². The maximum absolute atomic E-state index is 11.8. The largest absolute Gasteiger partial charge is 0.463 e. The first kappa shape index (κ1) is 13.9. The molecule has 1 aliphatic heterocycles. The van der Waals surface area contributed by atoms with E-state index in [1.165, 1.54) is 30.8 Å². The van der Waals surface area contributed by atoms with Crippen LogP contribution in [0.5, 0.6) is 0 Å². The molecule has 0 N–H and O–H groups in total. The molecule has 4 heteroatoms. The first-order valence-electron chi connectivity index (χ1n) is 6.95. The summed E-state index contributed by atoms with van der Waals surface area (Å²) in [6.07, 6.45) is 5.57. The fourth-order valence-electron chi connectivity index (χ4n) is 2.58. The van der Waals surface area contributed by atoms with Gasteiger partial charge in [-0.3, -0.25) is 0 Å². The number of carbonyl (C=O) groups excluding carboxylic acids is 1. The molecule has 0 atom stereocenters. The van der Waals surface area contributed by atoms with Crippen LogP contribution in [0.4, 0.5) is 0 Å². The van der Waals surface area contributed by atoms with Crippen molar-refractivity contribution in [1.82, 2.24) is 4.90 Å². The molecule has 0 aromatic rings. The van der Waals surface area contributed by atoms with Crippen LogP contribution < -0.4 is 0 Å². The Balaban J connectivity index is 1.94. The molecule has 1 heterocycles. The molecule has 0 aromatic carbocycles. The molecular weight excluding hydrogens is 246 g/mol. The SMILES string of the molecule is CCOC(=O)C1=C(SC2CCN(C)CC2)CCC1. The molecule has 18 heavy (non-hydrogen) atoms. The summed E-state index contributed by atoms with van der Waals surface area (Å²) in [6.45, 7) is 4.71. The lowest BCUT2D eigenvalue weighted by atomic mass is 10.1. The van der Waals surface area contributed by atoms with Gasteiger partial charge in [0.05, 0.1) is 6.61 Å². The van der Waals surface area contributed by atoms with Crippen molar-refractivity contribution in [3.8, 4) is 0 Å². The summed E-state index contributed by atoms with van der Waals surface area (Å²) >= 11 is 1.94. The van der Waals surface area contributed by atoms with Crippen molar-refractivity contribution < 1.29 is 9.53 Å². The van der Waals surface area contributed by atoms with Crippen molar-refractivity contribution in [3.63, 3.8) is 0 Å². The van der Waals surface area contributed by atoms with E-state index in [0.29, 0.717) is 11.9 Å². The molecule has 3 nitrogen and oxygen atoms in total. The topological polar surface area (TPSA) is 29.5 Å². The summed E-state index contributed by atoms with van der Waals surface area (Å²) in [5.74, 6) is -0.0783. The molecule has 2 aliphatic rings. The number of piperidine rings is 1. The lowest BCUT2D eigenvalue weighted by molar-refractivity contribution is -0.138. The second kappa shape index (κ2) is 6.62. The summed E-state index contributed by atoms with van der Waals surface area (Å²) in [7, 11) is 2.18. The van der Waals surface area contributed by atoms with Gasteiger partial charge in [0.15, 0.2) is 0 Å². The third kappa shape index (κ3) is 3.51. The van der Waals surface area contributed by atoms with Crippen molar-refractivity contribution in [3.05, 3.63) is 10.5 Å². The monoisotopic (exact) mass is 269 g/mol. The number of nitrogens with zero attached hydrogens (tertiary/aromatic N) is 1. The number of hydrogen-bond acceptors (Lipinski definition) is 4. The Morgan fingerprint density at radius 2 is 2.11 bits per heavy atom. The van der Waals surface area contributed by atoms with Crippen LogP contribution in [0.2, 0.25) is 0 Å². The van der Waals surface area contributed by atoms with Crippen LogP contribution in [0.15, 0.2) is 10.5 Å². The van der Waals surface area contributed by atoms with Crippen LogP contribution in [-0.4, -0.2) is 42.9 Å². The van der Waals surface area contributed by atoms with Crippen molar-refractivity contribution >= 4 is 17.7 Å². The Labute approximate surface area is 114 Å². The van der Waals surface area contributed by atoms with Crippen LogP contribution in [0.25, 0.3) is 0 Å². The fourth-order valence-corrected chi connectivity index (χ4v) is 4.02. The molecule has 0 spiro atoms. The van der Waals surface area contributed by atoms with E-state index in [4.69, 9.17) is 4.74 Å². The lowest BCUT2D eigenvalue weighted by Crippen LogP contribution is -2.31. The molecule has 0 amide bonds. The predicted octanol–water partition coefficient (Wildman–Crippen LogP) is 2.81. The second-order valence-corrected chi connectivity index (χ2v) is 6.49. The average molecular weight is 269 g/mol. The van der Waals surface area contributed by atoms with Crippen LogP contribution in [0.1, 0.15) is 39.0 Å². The van der Waals surface area contributed by atoms with Gasteiger partial charge in [-0.1, -0.05) is 0 Å². The smallest absolute Gasteiger partial charge is 0.334 e. The van der Waals surface area contributed by atoms with E-state index in [0.717, 1.165) is 24.8 Å². The fraction of sp³-hybridized carbons (Fsp3) is 0.786. The molecule has 0 aromatic heterocycles. The minimum absolute atomic E-state index is 0.0783. The first-order valence-corrected chi connectivity index (χ1v) is 7.83. The van der Waals surface area contributed by atoms with Gasteiger partial charge in [-0.2, -0.15) is 0 Å². The Hall–Kier alpha value is -0.480. The summed E-state index contributed by atoms with van der Waals surface area (Å²) in [6, 6.07) is 0.